The SMILES string of the molecule is [C-]#[N+]Cc1cn(-c2ccc(-c3ccc4c(c3)C[C@H]3[C@H](COP(=O)([O-])[O-])OC(=O)N43)cn2)nn1.[Na+].[Na+]. The fourth-order valence-electron chi connectivity index (χ4n) is 4.02. The van der Waals surface area contributed by atoms with Crippen LogP contribution in [0.15, 0.2) is 42.7 Å². The minimum absolute atomic E-state index is 0. The van der Waals surface area contributed by atoms with Gasteiger partial charge in [-0.3, -0.25) is 4.90 Å². The number of carbonyl (C=O) groups is 1. The van der Waals surface area contributed by atoms with E-state index in [1.807, 2.05) is 18.2 Å². The minimum Gasteiger partial charge on any atom is -0.790 e. The fourth-order valence-corrected chi connectivity index (χ4v) is 4.35. The predicted molar refractivity (Wildman–Crippen MR) is 109 cm³/mol. The van der Waals surface area contributed by atoms with E-state index in [0.29, 0.717) is 23.6 Å². The number of nitrogens with zero attached hydrogens (tertiary/aromatic N) is 6. The summed E-state index contributed by atoms with van der Waals surface area (Å²) in [4.78, 5) is 43.1. The van der Waals surface area contributed by atoms with E-state index in [4.69, 9.17) is 11.3 Å². The maximum Gasteiger partial charge on any atom is 1.00 e. The van der Waals surface area contributed by atoms with Crippen LogP contribution in [0.2, 0.25) is 0 Å². The van der Waals surface area contributed by atoms with Crippen molar-refractivity contribution in [3.05, 3.63) is 65.4 Å². The molecule has 15 heteroatoms. The second-order valence-corrected chi connectivity index (χ2v) is 8.68. The van der Waals surface area contributed by atoms with Crippen LogP contribution in [0.1, 0.15) is 11.3 Å². The molecule has 2 aromatic heterocycles. The average Bonchev–Trinajstić information content (AvgIpc) is 3.47. The Hall–Kier alpha value is -1.62. The molecule has 168 valence electrons. The van der Waals surface area contributed by atoms with E-state index >= 15 is 0 Å². The van der Waals surface area contributed by atoms with E-state index in [-0.39, 0.29) is 65.7 Å². The Bertz CT molecular complexity index is 1320. The first-order chi connectivity index (χ1) is 15.8. The Morgan fingerprint density at radius 2 is 2.00 bits per heavy atom. The molecular formula is C20H15N6Na2O6P. The number of cyclic esters (lactones) is 1. The van der Waals surface area contributed by atoms with E-state index < -0.39 is 32.7 Å². The molecule has 4 heterocycles. The molecular weight excluding hydrogens is 497 g/mol. The molecule has 1 aromatic carbocycles. The van der Waals surface area contributed by atoms with Gasteiger partial charge in [0.05, 0.1) is 32.4 Å². The Kier molecular flexibility index (Phi) is 8.94. The van der Waals surface area contributed by atoms with Gasteiger partial charge in [-0.1, -0.05) is 11.3 Å². The second kappa shape index (κ2) is 11.2. The molecule has 1 fully saturated rings. The topological polar surface area (TPSA) is 150 Å². The fraction of sp³-hybridized carbons (Fsp3) is 0.250. The summed E-state index contributed by atoms with van der Waals surface area (Å²) in [5, 5.41) is 7.90. The van der Waals surface area contributed by atoms with Crippen molar-refractivity contribution in [2.75, 3.05) is 11.5 Å². The molecule has 1 amide bonds. The van der Waals surface area contributed by atoms with Crippen LogP contribution in [0.5, 0.6) is 0 Å². The van der Waals surface area contributed by atoms with Gasteiger partial charge in [0.15, 0.2) is 11.5 Å². The number of pyridine rings is 1. The van der Waals surface area contributed by atoms with Crippen molar-refractivity contribution in [3.63, 3.8) is 0 Å². The molecule has 0 spiro atoms. The number of benzene rings is 1. The monoisotopic (exact) mass is 512 g/mol. The quantitative estimate of drug-likeness (QED) is 0.180. The molecule has 35 heavy (non-hydrogen) atoms. The third kappa shape index (κ3) is 5.87. The molecule has 2 aliphatic rings. The number of anilines is 1. The maximum absolute atomic E-state index is 12.3. The van der Waals surface area contributed by atoms with E-state index in [1.165, 1.54) is 9.58 Å². The Morgan fingerprint density at radius 1 is 1.23 bits per heavy atom. The van der Waals surface area contributed by atoms with Crippen molar-refractivity contribution in [1.29, 1.82) is 0 Å². The molecule has 2 atom stereocenters. The zero-order valence-electron chi connectivity index (χ0n) is 18.9. The van der Waals surface area contributed by atoms with Gasteiger partial charge in [0.25, 0.3) is 6.54 Å². The largest absolute Gasteiger partial charge is 1.00 e. The van der Waals surface area contributed by atoms with Gasteiger partial charge in [0.1, 0.15) is 6.10 Å². The molecule has 1 saturated heterocycles. The van der Waals surface area contributed by atoms with Gasteiger partial charge in [-0.15, -0.1) is 5.10 Å². The van der Waals surface area contributed by atoms with Crippen molar-refractivity contribution in [1.82, 2.24) is 20.0 Å². The summed E-state index contributed by atoms with van der Waals surface area (Å²) in [7, 11) is -5.16. The van der Waals surface area contributed by atoms with Crippen LogP contribution >= 0.6 is 7.82 Å². The Labute approximate surface area is 244 Å². The van der Waals surface area contributed by atoms with E-state index in [0.717, 1.165) is 16.7 Å². The summed E-state index contributed by atoms with van der Waals surface area (Å²) in [5.41, 5.74) is 3.84. The number of carbonyl (C=O) groups excluding carboxylic acids is 1. The molecule has 0 saturated carbocycles. The zero-order valence-corrected chi connectivity index (χ0v) is 23.8. The maximum atomic E-state index is 12.3. The number of phosphoric ester groups is 1. The van der Waals surface area contributed by atoms with Gasteiger partial charge in [0.2, 0.25) is 0 Å². The van der Waals surface area contributed by atoms with Crippen molar-refractivity contribution < 1.29 is 87.5 Å². The first kappa shape index (κ1) is 28.0. The third-order valence-corrected chi connectivity index (χ3v) is 5.94. The first-order valence-electron chi connectivity index (χ1n) is 9.83. The number of phosphoric acid groups is 1. The van der Waals surface area contributed by atoms with Crippen LogP contribution < -0.4 is 73.8 Å². The molecule has 0 bridgehead atoms. The average molecular weight is 512 g/mol. The minimum atomic E-state index is -5.16. The summed E-state index contributed by atoms with van der Waals surface area (Å²) in [6.07, 6.45) is 2.30. The molecule has 2 aliphatic heterocycles. The van der Waals surface area contributed by atoms with Crippen molar-refractivity contribution >= 4 is 19.6 Å². The van der Waals surface area contributed by atoms with Crippen LogP contribution in [0.4, 0.5) is 10.5 Å². The van der Waals surface area contributed by atoms with E-state index in [2.05, 4.69) is 24.7 Å². The number of hydrogen-bond acceptors (Lipinski definition) is 9. The molecule has 3 aromatic rings. The molecule has 5 rings (SSSR count). The Morgan fingerprint density at radius 3 is 2.69 bits per heavy atom. The number of rotatable bonds is 6. The smallest absolute Gasteiger partial charge is 0.790 e. The van der Waals surface area contributed by atoms with Gasteiger partial charge >= 0.3 is 65.2 Å². The van der Waals surface area contributed by atoms with Crippen molar-refractivity contribution in [2.45, 2.75) is 25.1 Å². The van der Waals surface area contributed by atoms with E-state index in [1.54, 1.807) is 24.5 Å². The molecule has 12 nitrogen and oxygen atoms in total. The predicted octanol–water partition coefficient (Wildman–Crippen LogP) is -5.15. The third-order valence-electron chi connectivity index (χ3n) is 5.47. The number of fused-ring (bicyclic) bond motifs is 3. The molecule has 0 aliphatic carbocycles. The molecule has 0 radical (unpaired) electrons. The van der Waals surface area contributed by atoms with Gasteiger partial charge in [-0.25, -0.2) is 21.0 Å². The van der Waals surface area contributed by atoms with Crippen LogP contribution in [-0.2, 0) is 26.8 Å². The first-order valence-corrected chi connectivity index (χ1v) is 11.3. The number of hydrogen-bond donors (Lipinski definition) is 0. The van der Waals surface area contributed by atoms with Gasteiger partial charge in [-0.2, -0.15) is 0 Å². The van der Waals surface area contributed by atoms with E-state index in [9.17, 15) is 19.1 Å². The van der Waals surface area contributed by atoms with Crippen LogP contribution in [-0.4, -0.2) is 44.8 Å². The molecule has 0 unspecified atom stereocenters. The van der Waals surface area contributed by atoms with Gasteiger partial charge in [-0.05, 0) is 41.8 Å². The summed E-state index contributed by atoms with van der Waals surface area (Å²) in [6, 6.07) is 8.79. The number of amides is 1. The summed E-state index contributed by atoms with van der Waals surface area (Å²) in [6.45, 7) is 6.54. The number of ether oxygens (including phenoxy) is 1. The van der Waals surface area contributed by atoms with Crippen LogP contribution in [0, 0.1) is 6.57 Å². The second-order valence-electron chi connectivity index (χ2n) is 7.53. The molecule has 0 N–H and O–H groups in total. The van der Waals surface area contributed by atoms with Gasteiger partial charge < -0.3 is 28.5 Å². The Balaban J connectivity index is 0.00000171. The van der Waals surface area contributed by atoms with Crippen molar-refractivity contribution in [2.24, 2.45) is 0 Å². The summed E-state index contributed by atoms with van der Waals surface area (Å²) in [5.74, 6) is 0.559. The van der Waals surface area contributed by atoms with Gasteiger partial charge in [0, 0.05) is 11.8 Å². The normalized spacial score (nSPS) is 18.1. The standard InChI is InChI=1S/C20H17N6O6P.2Na/c1-21-9-15-10-25(24-23-15)19-5-3-13(8-22-19)12-2-4-16-14(6-12)7-17-18(11-31-33(28,29)30)32-20(27)26(16)17;;/h2-6,8,10,17-18H,7,9,11H2,(H2,28,29,30);;/q;2*+1/p-2/t17-,18-;;/m0../s1. The summed E-state index contributed by atoms with van der Waals surface area (Å²) >= 11 is 0. The van der Waals surface area contributed by atoms with Crippen LogP contribution in [0.3, 0.4) is 0 Å². The number of aromatic nitrogens is 4. The van der Waals surface area contributed by atoms with Crippen molar-refractivity contribution in [3.8, 4) is 16.9 Å². The van der Waals surface area contributed by atoms with Crippen LogP contribution in [0.25, 0.3) is 21.8 Å². The zero-order chi connectivity index (χ0) is 23.2. The summed E-state index contributed by atoms with van der Waals surface area (Å²) < 4.78 is 21.8.